The first-order valence-electron chi connectivity index (χ1n) is 9.99. The van der Waals surface area contributed by atoms with Crippen molar-refractivity contribution in [3.05, 3.63) is 106 Å². The predicted molar refractivity (Wildman–Crippen MR) is 119 cm³/mol. The van der Waals surface area contributed by atoms with Gasteiger partial charge in [0.2, 0.25) is 0 Å². The van der Waals surface area contributed by atoms with E-state index in [0.717, 1.165) is 38.8 Å². The van der Waals surface area contributed by atoms with Crippen LogP contribution in [0.15, 0.2) is 84.4 Å². The van der Waals surface area contributed by atoms with Crippen molar-refractivity contribution in [3.8, 4) is 5.75 Å². The summed E-state index contributed by atoms with van der Waals surface area (Å²) in [6, 6.07) is 24.5. The van der Waals surface area contributed by atoms with E-state index in [0.29, 0.717) is 6.54 Å². The van der Waals surface area contributed by atoms with E-state index in [-0.39, 0.29) is 11.4 Å². The molecule has 3 aromatic carbocycles. The number of nitrogens with two attached hydrogens (primary N) is 1. The van der Waals surface area contributed by atoms with Crippen LogP contribution >= 0.6 is 0 Å². The zero-order valence-corrected chi connectivity index (χ0v) is 17.5. The molecule has 0 radical (unpaired) electrons. The Hall–Kier alpha value is -3.74. The van der Waals surface area contributed by atoms with Gasteiger partial charge >= 0.3 is 0 Å². The lowest BCUT2D eigenvalue weighted by Gasteiger charge is -2.23. The molecule has 0 unspecified atom stereocenters. The Bertz CT molecular complexity index is 1250. The van der Waals surface area contributed by atoms with Gasteiger partial charge in [0.25, 0.3) is 5.88 Å². The third-order valence-electron chi connectivity index (χ3n) is 5.61. The quantitative estimate of drug-likeness (QED) is 0.636. The number of methoxy groups -OCH3 is 1. The summed E-state index contributed by atoms with van der Waals surface area (Å²) in [5, 5.41) is 15.4. The zero-order valence-electron chi connectivity index (χ0n) is 17.5. The van der Waals surface area contributed by atoms with Gasteiger partial charge in [-0.3, -0.25) is 0 Å². The Morgan fingerprint density at radius 1 is 0.935 bits per heavy atom. The smallest absolute Gasteiger partial charge is 0.270 e. The fraction of sp³-hybridized carbons (Fsp3) is 0.120. The molecule has 31 heavy (non-hydrogen) atoms. The molecule has 0 bridgehead atoms. The van der Waals surface area contributed by atoms with Gasteiger partial charge in [-0.25, -0.2) is 5.43 Å². The summed E-state index contributed by atoms with van der Waals surface area (Å²) in [4.78, 5) is 2.12. The van der Waals surface area contributed by atoms with Gasteiger partial charge in [-0.2, -0.15) is 5.01 Å². The number of hydrogen-bond acceptors (Lipinski definition) is 5. The zero-order chi connectivity index (χ0) is 20.7. The SMILES string of the molecule is COc1ccc(CN2C=c3ccccc3=C3[NH2+]N(c4ccc(C)cc4)C(O)=C32)cc1.[OH-]. The Morgan fingerprint density at radius 3 is 2.35 bits per heavy atom. The van der Waals surface area contributed by atoms with Crippen LogP contribution in [0.5, 0.6) is 5.75 Å². The third-order valence-corrected chi connectivity index (χ3v) is 5.61. The summed E-state index contributed by atoms with van der Waals surface area (Å²) in [7, 11) is 1.67. The van der Waals surface area contributed by atoms with Gasteiger partial charge in [-0.05, 0) is 42.8 Å². The van der Waals surface area contributed by atoms with Crippen LogP contribution in [0.1, 0.15) is 11.1 Å². The van der Waals surface area contributed by atoms with Crippen LogP contribution in [-0.4, -0.2) is 22.6 Å². The standard InChI is InChI=1S/C25H23N3O2.H2O/c1-17-7-11-20(12-8-17)28-25(29)24-23(26-28)22-6-4-3-5-19(22)16-27(24)15-18-9-13-21(30-2)14-10-18;/h3-14,16,26,29H,15H2,1-2H3;1H2. The Balaban J connectivity index is 0.00000231. The molecule has 3 aromatic rings. The Kier molecular flexibility index (Phi) is 5.42. The number of aliphatic hydroxyl groups excluding tert-OH is 1. The van der Waals surface area contributed by atoms with Crippen LogP contribution < -0.4 is 25.6 Å². The molecule has 0 fully saturated rings. The molecular formula is C25H25N3O3. The Morgan fingerprint density at radius 2 is 1.65 bits per heavy atom. The first-order valence-corrected chi connectivity index (χ1v) is 9.99. The molecule has 6 heteroatoms. The molecule has 2 aliphatic heterocycles. The maximum atomic E-state index is 11.2. The molecule has 0 aliphatic carbocycles. The van der Waals surface area contributed by atoms with Gasteiger partial charge in [0, 0.05) is 23.2 Å². The molecule has 0 atom stereocenters. The summed E-state index contributed by atoms with van der Waals surface area (Å²) in [5.74, 6) is 1.08. The van der Waals surface area contributed by atoms with E-state index in [4.69, 9.17) is 4.74 Å². The summed E-state index contributed by atoms with van der Waals surface area (Å²) in [6.07, 6.45) is 2.11. The molecule has 5 rings (SSSR count). The van der Waals surface area contributed by atoms with Crippen LogP contribution in [-0.2, 0) is 6.54 Å². The second-order valence-electron chi connectivity index (χ2n) is 7.61. The molecule has 2 heterocycles. The van der Waals surface area contributed by atoms with Crippen LogP contribution in [0.3, 0.4) is 0 Å². The predicted octanol–water partition coefficient (Wildman–Crippen LogP) is 1.91. The van der Waals surface area contributed by atoms with Crippen LogP contribution in [0, 0.1) is 6.92 Å². The van der Waals surface area contributed by atoms with Crippen molar-refractivity contribution in [3.63, 3.8) is 0 Å². The summed E-state index contributed by atoms with van der Waals surface area (Å²) in [5.41, 5.74) is 7.15. The van der Waals surface area contributed by atoms with E-state index in [1.54, 1.807) is 7.11 Å². The van der Waals surface area contributed by atoms with Crippen molar-refractivity contribution in [2.75, 3.05) is 12.1 Å². The molecule has 2 aliphatic rings. The summed E-state index contributed by atoms with van der Waals surface area (Å²) >= 11 is 0. The van der Waals surface area contributed by atoms with Crippen molar-refractivity contribution in [2.45, 2.75) is 13.5 Å². The van der Waals surface area contributed by atoms with Crippen molar-refractivity contribution in [2.24, 2.45) is 0 Å². The molecule has 0 spiro atoms. The topological polar surface area (TPSA) is 82.5 Å². The van der Waals surface area contributed by atoms with Crippen LogP contribution in [0.25, 0.3) is 11.9 Å². The number of anilines is 1. The second-order valence-corrected chi connectivity index (χ2v) is 7.61. The molecule has 6 nitrogen and oxygen atoms in total. The van der Waals surface area contributed by atoms with Crippen molar-refractivity contribution in [1.29, 1.82) is 0 Å². The molecule has 158 valence electrons. The molecule has 0 aromatic heterocycles. The Labute approximate surface area is 180 Å². The van der Waals surface area contributed by atoms with Crippen LogP contribution in [0.2, 0.25) is 0 Å². The monoisotopic (exact) mass is 415 g/mol. The van der Waals surface area contributed by atoms with E-state index in [2.05, 4.69) is 54.4 Å². The van der Waals surface area contributed by atoms with Gasteiger partial charge in [0.1, 0.15) is 5.75 Å². The number of nitrogens with zero attached hydrogens (tertiary/aromatic N) is 2. The highest BCUT2D eigenvalue weighted by Crippen LogP contribution is 2.28. The van der Waals surface area contributed by atoms with Gasteiger partial charge in [0.15, 0.2) is 11.4 Å². The minimum atomic E-state index is 0. The summed E-state index contributed by atoms with van der Waals surface area (Å²) < 4.78 is 5.28. The van der Waals surface area contributed by atoms with E-state index in [9.17, 15) is 5.11 Å². The number of aryl methyl sites for hydroxylation is 1. The lowest BCUT2D eigenvalue weighted by molar-refractivity contribution is -0.568. The van der Waals surface area contributed by atoms with Gasteiger partial charge in [0.05, 0.1) is 12.8 Å². The van der Waals surface area contributed by atoms with Gasteiger partial charge in [-0.1, -0.05) is 48.0 Å². The minimum Gasteiger partial charge on any atom is -0.870 e. The number of hydrogen-bond donors (Lipinski definition) is 2. The number of aliphatic hydroxyl groups is 1. The number of fused-ring (bicyclic) bond motifs is 2. The fourth-order valence-electron chi connectivity index (χ4n) is 4.01. The lowest BCUT2D eigenvalue weighted by atomic mass is 10.1. The van der Waals surface area contributed by atoms with E-state index < -0.39 is 0 Å². The number of ether oxygens (including phenoxy) is 1. The highest BCUT2D eigenvalue weighted by molar-refractivity contribution is 5.68. The molecule has 0 saturated heterocycles. The average molecular weight is 415 g/mol. The number of benzene rings is 3. The van der Waals surface area contributed by atoms with Crippen molar-refractivity contribution in [1.82, 2.24) is 4.90 Å². The van der Waals surface area contributed by atoms with E-state index in [1.807, 2.05) is 46.8 Å². The van der Waals surface area contributed by atoms with Crippen LogP contribution in [0.4, 0.5) is 5.69 Å². The first kappa shape index (κ1) is 20.5. The molecular weight excluding hydrogens is 390 g/mol. The highest BCUT2D eigenvalue weighted by Gasteiger charge is 2.38. The minimum absolute atomic E-state index is 0. The number of quaternary nitrogens is 1. The molecule has 0 saturated carbocycles. The molecule has 4 N–H and O–H groups in total. The highest BCUT2D eigenvalue weighted by atomic mass is 16.5. The number of rotatable bonds is 4. The maximum absolute atomic E-state index is 11.2. The second kappa shape index (κ2) is 8.18. The lowest BCUT2D eigenvalue weighted by Crippen LogP contribution is -2.90. The fourth-order valence-corrected chi connectivity index (χ4v) is 4.01. The first-order chi connectivity index (χ1) is 14.6. The average Bonchev–Trinajstić information content (AvgIpc) is 3.13. The van der Waals surface area contributed by atoms with E-state index in [1.165, 1.54) is 5.56 Å². The summed E-state index contributed by atoms with van der Waals surface area (Å²) in [6.45, 7) is 2.71. The van der Waals surface area contributed by atoms with E-state index >= 15 is 0 Å². The normalized spacial score (nSPS) is 14.6. The molecule has 0 amide bonds. The third kappa shape index (κ3) is 3.63. The maximum Gasteiger partial charge on any atom is 0.270 e. The van der Waals surface area contributed by atoms with Crippen molar-refractivity contribution < 1.29 is 20.7 Å². The van der Waals surface area contributed by atoms with Gasteiger partial charge < -0.3 is 20.2 Å². The van der Waals surface area contributed by atoms with Crippen molar-refractivity contribution >= 4 is 17.6 Å². The van der Waals surface area contributed by atoms with Gasteiger partial charge in [-0.15, -0.1) is 0 Å². The largest absolute Gasteiger partial charge is 0.870 e.